The van der Waals surface area contributed by atoms with Crippen LogP contribution >= 0.6 is 27.5 Å². The third-order valence-electron chi connectivity index (χ3n) is 3.69. The number of fused-ring (bicyclic) bond motifs is 1. The highest BCUT2D eigenvalue weighted by atomic mass is 79.9. The highest BCUT2D eigenvalue weighted by Gasteiger charge is 2.36. The minimum atomic E-state index is -4.17. The van der Waals surface area contributed by atoms with Crippen LogP contribution in [0.15, 0.2) is 39.8 Å². The second-order valence-corrected chi connectivity index (χ2v) is 8.62. The lowest BCUT2D eigenvalue weighted by atomic mass is 10.2. The number of ether oxygens (including phenoxy) is 1. The molecule has 0 bridgehead atoms. The molecule has 0 saturated heterocycles. The van der Waals surface area contributed by atoms with Crippen molar-refractivity contribution in [2.45, 2.75) is 11.0 Å². The van der Waals surface area contributed by atoms with Gasteiger partial charge in [0.05, 0.1) is 18.8 Å². The molecule has 1 unspecified atom stereocenters. The fourth-order valence-electron chi connectivity index (χ4n) is 2.54. The molecular formula is C15H13BrClN3O6S. The van der Waals surface area contributed by atoms with Gasteiger partial charge in [-0.05, 0) is 40.2 Å². The number of benzene rings is 1. The van der Waals surface area contributed by atoms with Crippen LogP contribution in [0.5, 0.6) is 5.75 Å². The van der Waals surface area contributed by atoms with E-state index in [4.69, 9.17) is 21.4 Å². The molecule has 1 aromatic carbocycles. The predicted octanol–water partition coefficient (Wildman–Crippen LogP) is 2.54. The van der Waals surface area contributed by atoms with Crippen molar-refractivity contribution < 1.29 is 28.2 Å². The second kappa shape index (κ2) is 7.50. The van der Waals surface area contributed by atoms with Crippen LogP contribution in [-0.4, -0.2) is 49.0 Å². The van der Waals surface area contributed by atoms with E-state index in [1.807, 2.05) is 0 Å². The zero-order chi connectivity index (χ0) is 19.8. The van der Waals surface area contributed by atoms with Crippen molar-refractivity contribution >= 4 is 55.0 Å². The van der Waals surface area contributed by atoms with Gasteiger partial charge in [-0.1, -0.05) is 11.6 Å². The standard InChI is InChI=1S/C15H13BrClN3O6S/c16-8-3-13(14(17)18-5-8)27(24,25)20-6-10(7-21)26-12-2-1-9(4-11(12)20)19-15(22)23/h1-5,10,19,21H,6-7H2,(H,22,23). The van der Waals surface area contributed by atoms with E-state index in [0.29, 0.717) is 4.47 Å². The summed E-state index contributed by atoms with van der Waals surface area (Å²) >= 11 is 9.15. The monoisotopic (exact) mass is 477 g/mol. The molecule has 3 rings (SSSR count). The smallest absolute Gasteiger partial charge is 0.409 e. The minimum Gasteiger partial charge on any atom is -0.484 e. The van der Waals surface area contributed by atoms with E-state index in [2.05, 4.69) is 26.2 Å². The van der Waals surface area contributed by atoms with Gasteiger partial charge in [0.1, 0.15) is 21.9 Å². The number of carboxylic acid groups (broad SMARTS) is 1. The van der Waals surface area contributed by atoms with E-state index < -0.39 is 28.8 Å². The quantitative estimate of drug-likeness (QED) is 0.576. The van der Waals surface area contributed by atoms with E-state index in [-0.39, 0.29) is 33.7 Å². The van der Waals surface area contributed by atoms with Gasteiger partial charge in [0.2, 0.25) is 0 Å². The number of nitrogens with zero attached hydrogens (tertiary/aromatic N) is 2. The number of rotatable bonds is 4. The fourth-order valence-corrected chi connectivity index (χ4v) is 4.96. The van der Waals surface area contributed by atoms with Crippen molar-refractivity contribution in [3.05, 3.63) is 40.1 Å². The second-order valence-electron chi connectivity index (χ2n) is 5.51. The molecule has 1 atom stereocenters. The van der Waals surface area contributed by atoms with Crippen molar-refractivity contribution in [1.82, 2.24) is 4.98 Å². The van der Waals surface area contributed by atoms with Crippen LogP contribution in [0.25, 0.3) is 0 Å². The van der Waals surface area contributed by atoms with Gasteiger partial charge in [-0.25, -0.2) is 18.2 Å². The lowest BCUT2D eigenvalue weighted by Crippen LogP contribution is -2.45. The predicted molar refractivity (Wildman–Crippen MR) is 101 cm³/mol. The lowest BCUT2D eigenvalue weighted by molar-refractivity contribution is 0.116. The number of pyridine rings is 1. The van der Waals surface area contributed by atoms with E-state index in [1.54, 1.807) is 0 Å². The number of carbonyl (C=O) groups is 1. The number of hydrogen-bond acceptors (Lipinski definition) is 6. The zero-order valence-electron chi connectivity index (χ0n) is 13.5. The Hall–Kier alpha value is -2.08. The van der Waals surface area contributed by atoms with Crippen LogP contribution in [0.4, 0.5) is 16.2 Å². The Morgan fingerprint density at radius 3 is 2.85 bits per heavy atom. The normalized spacial score (nSPS) is 16.4. The van der Waals surface area contributed by atoms with Gasteiger partial charge in [-0.2, -0.15) is 0 Å². The summed E-state index contributed by atoms with van der Waals surface area (Å²) in [4.78, 5) is 14.5. The van der Waals surface area contributed by atoms with Gasteiger partial charge in [0, 0.05) is 16.4 Å². The first-order valence-corrected chi connectivity index (χ1v) is 10.1. The molecule has 1 amide bonds. The van der Waals surface area contributed by atoms with Crippen LogP contribution in [0.2, 0.25) is 5.15 Å². The van der Waals surface area contributed by atoms with Crippen molar-refractivity contribution in [2.75, 3.05) is 22.8 Å². The van der Waals surface area contributed by atoms with E-state index in [0.717, 1.165) is 4.31 Å². The molecule has 0 aliphatic carbocycles. The molecule has 1 aromatic heterocycles. The van der Waals surface area contributed by atoms with E-state index in [9.17, 15) is 18.3 Å². The number of amides is 1. The molecule has 9 nitrogen and oxygen atoms in total. The van der Waals surface area contributed by atoms with Crippen molar-refractivity contribution in [2.24, 2.45) is 0 Å². The average molecular weight is 479 g/mol. The third-order valence-corrected chi connectivity index (χ3v) is 6.33. The maximum absolute atomic E-state index is 13.2. The summed E-state index contributed by atoms with van der Waals surface area (Å²) < 4.78 is 33.4. The van der Waals surface area contributed by atoms with Crippen molar-refractivity contribution in [3.8, 4) is 5.75 Å². The van der Waals surface area contributed by atoms with Crippen LogP contribution < -0.4 is 14.4 Å². The summed E-state index contributed by atoms with van der Waals surface area (Å²) in [5.41, 5.74) is 0.271. The SMILES string of the molecule is O=C(O)Nc1ccc2c(c1)N(S(=O)(=O)c1cc(Br)cnc1Cl)CC(CO)O2. The number of aromatic nitrogens is 1. The Bertz CT molecular complexity index is 1000. The summed E-state index contributed by atoms with van der Waals surface area (Å²) in [7, 11) is -4.17. The van der Waals surface area contributed by atoms with Crippen LogP contribution in [0, 0.1) is 0 Å². The number of nitrogens with one attached hydrogen (secondary N) is 1. The van der Waals surface area contributed by atoms with E-state index in [1.165, 1.54) is 30.5 Å². The summed E-state index contributed by atoms with van der Waals surface area (Å²) in [5.74, 6) is 0.180. The summed E-state index contributed by atoms with van der Waals surface area (Å²) in [6, 6.07) is 5.48. The average Bonchev–Trinajstić information content (AvgIpc) is 2.62. The van der Waals surface area contributed by atoms with Crippen molar-refractivity contribution in [1.29, 1.82) is 0 Å². The summed E-state index contributed by atoms with van der Waals surface area (Å²) in [5, 5.41) is 20.3. The molecule has 3 N–H and O–H groups in total. The molecule has 2 aromatic rings. The number of halogens is 2. The molecule has 144 valence electrons. The van der Waals surface area contributed by atoms with E-state index >= 15 is 0 Å². The molecule has 12 heteroatoms. The van der Waals surface area contributed by atoms with Gasteiger partial charge < -0.3 is 14.9 Å². The number of aliphatic hydroxyl groups is 1. The Kier molecular flexibility index (Phi) is 5.47. The van der Waals surface area contributed by atoms with Gasteiger partial charge in [-0.3, -0.25) is 9.62 Å². The first-order chi connectivity index (χ1) is 12.7. The molecule has 1 aliphatic heterocycles. The molecule has 0 radical (unpaired) electrons. The molecule has 1 aliphatic rings. The molecule has 2 heterocycles. The zero-order valence-corrected chi connectivity index (χ0v) is 16.6. The Balaban J connectivity index is 2.14. The molecule has 0 saturated carbocycles. The van der Waals surface area contributed by atoms with Crippen molar-refractivity contribution in [3.63, 3.8) is 0 Å². The first kappa shape index (κ1) is 19.7. The first-order valence-electron chi connectivity index (χ1n) is 7.47. The maximum Gasteiger partial charge on any atom is 0.409 e. The van der Waals surface area contributed by atoms with Gasteiger partial charge in [-0.15, -0.1) is 0 Å². The van der Waals surface area contributed by atoms with Crippen LogP contribution in [0.1, 0.15) is 0 Å². The highest BCUT2D eigenvalue weighted by molar-refractivity contribution is 9.10. The Morgan fingerprint density at radius 1 is 1.44 bits per heavy atom. The summed E-state index contributed by atoms with van der Waals surface area (Å²) in [6.07, 6.45) is -0.738. The molecule has 0 fully saturated rings. The van der Waals surface area contributed by atoms with Crippen LogP contribution in [0.3, 0.4) is 0 Å². The highest BCUT2D eigenvalue weighted by Crippen LogP contribution is 2.40. The molecular weight excluding hydrogens is 466 g/mol. The number of sulfonamides is 1. The minimum absolute atomic E-state index is 0.113. The third kappa shape index (κ3) is 3.95. The number of aliphatic hydroxyl groups excluding tert-OH is 1. The number of hydrogen-bond donors (Lipinski definition) is 3. The molecule has 0 spiro atoms. The summed E-state index contributed by atoms with van der Waals surface area (Å²) in [6.45, 7) is -0.601. The topological polar surface area (TPSA) is 129 Å². The largest absolute Gasteiger partial charge is 0.484 e. The molecule has 27 heavy (non-hydrogen) atoms. The Morgan fingerprint density at radius 2 is 2.19 bits per heavy atom. The fraction of sp³-hybridized carbons (Fsp3) is 0.200. The Labute approximate surface area is 167 Å². The maximum atomic E-state index is 13.2. The number of anilines is 2. The van der Waals surface area contributed by atoms with Gasteiger partial charge >= 0.3 is 6.09 Å². The lowest BCUT2D eigenvalue weighted by Gasteiger charge is -2.35. The van der Waals surface area contributed by atoms with Gasteiger partial charge in [0.15, 0.2) is 0 Å². The van der Waals surface area contributed by atoms with Gasteiger partial charge in [0.25, 0.3) is 10.0 Å². The van der Waals surface area contributed by atoms with Crippen LogP contribution in [-0.2, 0) is 10.0 Å².